The van der Waals surface area contributed by atoms with Crippen molar-refractivity contribution in [2.45, 2.75) is 38.8 Å². The molecule has 0 unspecified atom stereocenters. The number of amides is 1. The van der Waals surface area contributed by atoms with Crippen LogP contribution in [0.4, 0.5) is 8.78 Å². The van der Waals surface area contributed by atoms with Crippen LogP contribution in [0.3, 0.4) is 0 Å². The molecule has 0 bridgehead atoms. The highest BCUT2D eigenvalue weighted by atomic mass is 19.3. The number of pyridine rings is 1. The zero-order valence-corrected chi connectivity index (χ0v) is 17.3. The molecule has 1 amide bonds. The van der Waals surface area contributed by atoms with Gasteiger partial charge in [-0.15, -0.1) is 0 Å². The van der Waals surface area contributed by atoms with E-state index < -0.39 is 35.9 Å². The van der Waals surface area contributed by atoms with E-state index in [1.165, 1.54) is 18.2 Å². The monoisotopic (exact) mass is 442 g/mol. The summed E-state index contributed by atoms with van der Waals surface area (Å²) in [6, 6.07) is 6.85. The lowest BCUT2D eigenvalue weighted by Gasteiger charge is -2.33. The zero-order chi connectivity index (χ0) is 22.6. The number of aliphatic hydroxyl groups is 1. The minimum absolute atomic E-state index is 0.235. The molecule has 0 saturated heterocycles. The number of imidazole rings is 1. The summed E-state index contributed by atoms with van der Waals surface area (Å²) in [6.07, 6.45) is -2.26. The number of aromatic nitrogens is 5. The maximum atomic E-state index is 13.6. The van der Waals surface area contributed by atoms with Crippen LogP contribution in [0.1, 0.15) is 70.4 Å². The summed E-state index contributed by atoms with van der Waals surface area (Å²) < 4.78 is 34.3. The lowest BCUT2D eigenvalue weighted by molar-refractivity contribution is 0.0631. The van der Waals surface area contributed by atoms with Crippen LogP contribution >= 0.6 is 0 Å². The third-order valence-corrected chi connectivity index (χ3v) is 5.59. The fourth-order valence-corrected chi connectivity index (χ4v) is 4.06. The summed E-state index contributed by atoms with van der Waals surface area (Å²) in [4.78, 5) is 26.0. The second-order valence-corrected chi connectivity index (χ2v) is 7.73. The number of nitrogens with one attached hydrogen (secondary N) is 1. The van der Waals surface area contributed by atoms with Crippen LogP contribution in [0.5, 0.6) is 0 Å². The maximum Gasteiger partial charge on any atom is 0.292 e. The molecule has 2 atom stereocenters. The number of aryl methyl sites for hydroxylation is 1. The summed E-state index contributed by atoms with van der Waals surface area (Å²) in [5.74, 6) is -1.67. The average molecular weight is 442 g/mol. The molecule has 0 saturated carbocycles. The number of aromatic amines is 1. The number of hydrogen-bond donors (Lipinski definition) is 2. The van der Waals surface area contributed by atoms with Crippen LogP contribution < -0.4 is 0 Å². The van der Waals surface area contributed by atoms with Crippen LogP contribution in [-0.2, 0) is 6.42 Å². The van der Waals surface area contributed by atoms with E-state index in [0.29, 0.717) is 17.8 Å². The van der Waals surface area contributed by atoms with Gasteiger partial charge in [0.05, 0.1) is 23.2 Å². The molecular weight excluding hydrogens is 422 g/mol. The van der Waals surface area contributed by atoms with Gasteiger partial charge in [0.15, 0.2) is 5.69 Å². The van der Waals surface area contributed by atoms with E-state index in [4.69, 9.17) is 4.42 Å². The molecule has 1 aliphatic heterocycles. The van der Waals surface area contributed by atoms with Gasteiger partial charge < -0.3 is 19.4 Å². The summed E-state index contributed by atoms with van der Waals surface area (Å²) in [5.41, 5.74) is 2.95. The molecule has 0 spiro atoms. The van der Waals surface area contributed by atoms with Crippen LogP contribution in [0.25, 0.3) is 5.52 Å². The second kappa shape index (κ2) is 7.52. The van der Waals surface area contributed by atoms with Crippen LogP contribution in [0.15, 0.2) is 35.0 Å². The third kappa shape index (κ3) is 3.16. The standard InChI is InChI=1S/C21H20F2N6O3/c1-10-4-3-5-12-8-14(27-29(10)12)17-15-13(24-9-25-15)6-7-28(17)21(31)18-16(19(22)23)26-20(32-18)11(2)30/h3-5,8-9,11,17,19,30H,6-7H2,1-2H3,(H,24,25)/t11-,17-/m1/s1. The minimum Gasteiger partial charge on any atom is -0.432 e. The van der Waals surface area contributed by atoms with Crippen molar-refractivity contribution in [1.82, 2.24) is 29.5 Å². The largest absolute Gasteiger partial charge is 0.432 e. The van der Waals surface area contributed by atoms with Gasteiger partial charge >= 0.3 is 0 Å². The number of nitrogens with zero attached hydrogens (tertiary/aromatic N) is 5. The average Bonchev–Trinajstić information content (AvgIpc) is 3.49. The Kier molecular flexibility index (Phi) is 4.77. The van der Waals surface area contributed by atoms with Gasteiger partial charge in [-0.05, 0) is 32.0 Å². The Morgan fingerprint density at radius 3 is 2.91 bits per heavy atom. The molecule has 32 heavy (non-hydrogen) atoms. The number of carbonyl (C=O) groups is 1. The Labute approximate surface area is 180 Å². The molecule has 0 fully saturated rings. The van der Waals surface area contributed by atoms with Crippen molar-refractivity contribution in [2.75, 3.05) is 6.54 Å². The Morgan fingerprint density at radius 2 is 2.19 bits per heavy atom. The number of oxazole rings is 1. The molecule has 2 N–H and O–H groups in total. The summed E-state index contributed by atoms with van der Waals surface area (Å²) in [5, 5.41) is 14.4. The molecule has 9 nitrogen and oxygen atoms in total. The first-order valence-corrected chi connectivity index (χ1v) is 10.1. The van der Waals surface area contributed by atoms with E-state index >= 15 is 0 Å². The summed E-state index contributed by atoms with van der Waals surface area (Å²) in [7, 11) is 0. The quantitative estimate of drug-likeness (QED) is 0.502. The molecule has 5 heterocycles. The number of hydrogen-bond acceptors (Lipinski definition) is 6. The smallest absolute Gasteiger partial charge is 0.292 e. The van der Waals surface area contributed by atoms with Gasteiger partial charge in [0.1, 0.15) is 12.1 Å². The Bertz CT molecular complexity index is 1310. The number of halogens is 2. The second-order valence-electron chi connectivity index (χ2n) is 7.73. The topological polar surface area (TPSA) is 113 Å². The van der Waals surface area contributed by atoms with E-state index in [2.05, 4.69) is 20.1 Å². The Balaban J connectivity index is 1.63. The van der Waals surface area contributed by atoms with Crippen LogP contribution in [-0.4, -0.2) is 47.0 Å². The van der Waals surface area contributed by atoms with Gasteiger partial charge in [0.25, 0.3) is 12.3 Å². The Morgan fingerprint density at radius 1 is 1.38 bits per heavy atom. The SMILES string of the molecule is Cc1cccc2cc([C@@H]3c4nc[nH]c4CCN3C(=O)c3oc([C@@H](C)O)nc3C(F)F)nn12. The minimum atomic E-state index is -3.03. The summed E-state index contributed by atoms with van der Waals surface area (Å²) in [6.45, 7) is 3.47. The normalized spacial score (nSPS) is 17.2. The van der Waals surface area contributed by atoms with Gasteiger partial charge in [0.2, 0.25) is 11.7 Å². The molecule has 0 aliphatic carbocycles. The molecule has 1 aliphatic rings. The molecule has 0 radical (unpaired) electrons. The number of H-pyrrole nitrogens is 1. The number of aliphatic hydroxyl groups excluding tert-OH is 1. The van der Waals surface area contributed by atoms with Gasteiger partial charge in [-0.3, -0.25) is 4.79 Å². The van der Waals surface area contributed by atoms with E-state index in [9.17, 15) is 18.7 Å². The van der Waals surface area contributed by atoms with Crippen molar-refractivity contribution >= 4 is 11.4 Å². The van der Waals surface area contributed by atoms with E-state index in [0.717, 1.165) is 16.9 Å². The first kappa shape index (κ1) is 20.3. The summed E-state index contributed by atoms with van der Waals surface area (Å²) >= 11 is 0. The van der Waals surface area contributed by atoms with Gasteiger partial charge in [-0.25, -0.2) is 23.3 Å². The highest BCUT2D eigenvalue weighted by Gasteiger charge is 2.40. The predicted octanol–water partition coefficient (Wildman–Crippen LogP) is 3.13. The van der Waals surface area contributed by atoms with Crippen LogP contribution in [0, 0.1) is 6.92 Å². The highest BCUT2D eigenvalue weighted by Crippen LogP contribution is 2.36. The predicted molar refractivity (Wildman–Crippen MR) is 107 cm³/mol. The molecule has 5 rings (SSSR count). The van der Waals surface area contributed by atoms with E-state index in [-0.39, 0.29) is 12.4 Å². The van der Waals surface area contributed by atoms with Crippen LogP contribution in [0.2, 0.25) is 0 Å². The third-order valence-electron chi connectivity index (χ3n) is 5.59. The number of alkyl halides is 2. The van der Waals surface area contributed by atoms with Crippen molar-refractivity contribution in [3.05, 3.63) is 70.7 Å². The number of fused-ring (bicyclic) bond motifs is 2. The van der Waals surface area contributed by atoms with Crippen molar-refractivity contribution in [1.29, 1.82) is 0 Å². The molecule has 4 aromatic heterocycles. The Hall–Kier alpha value is -3.60. The molecule has 166 valence electrons. The first-order valence-electron chi connectivity index (χ1n) is 10.1. The zero-order valence-electron chi connectivity index (χ0n) is 17.3. The fraction of sp³-hybridized carbons (Fsp3) is 0.333. The highest BCUT2D eigenvalue weighted by molar-refractivity contribution is 5.93. The lowest BCUT2D eigenvalue weighted by Crippen LogP contribution is -2.41. The van der Waals surface area contributed by atoms with Gasteiger partial charge in [-0.2, -0.15) is 5.10 Å². The maximum absolute atomic E-state index is 13.6. The van der Waals surface area contributed by atoms with Crippen molar-refractivity contribution < 1.29 is 23.1 Å². The molecule has 0 aromatic carbocycles. The molecule has 4 aromatic rings. The van der Waals surface area contributed by atoms with E-state index in [1.54, 1.807) is 4.52 Å². The van der Waals surface area contributed by atoms with Crippen molar-refractivity contribution in [2.24, 2.45) is 0 Å². The van der Waals surface area contributed by atoms with Crippen molar-refractivity contribution in [3.63, 3.8) is 0 Å². The van der Waals surface area contributed by atoms with E-state index in [1.807, 2.05) is 31.2 Å². The van der Waals surface area contributed by atoms with Gasteiger partial charge in [-0.1, -0.05) is 6.07 Å². The van der Waals surface area contributed by atoms with Crippen molar-refractivity contribution in [3.8, 4) is 0 Å². The molecule has 11 heteroatoms. The first-order chi connectivity index (χ1) is 15.3. The fourth-order valence-electron chi connectivity index (χ4n) is 4.06. The lowest BCUT2D eigenvalue weighted by atomic mass is 9.99. The number of rotatable bonds is 4. The molecular formula is C21H20F2N6O3. The van der Waals surface area contributed by atoms with Gasteiger partial charge in [0, 0.05) is 24.4 Å². The number of carbonyl (C=O) groups excluding carboxylic acids is 1.